The Hall–Kier alpha value is -2.67. The molecular weight excluding hydrogens is 456 g/mol. The Morgan fingerprint density at radius 3 is 2.64 bits per heavy atom. The normalized spacial score (nSPS) is 43.8. The van der Waals surface area contributed by atoms with Gasteiger partial charge in [-0.1, -0.05) is 56.3 Å². The highest BCUT2D eigenvalue weighted by Gasteiger charge is 2.73. The summed E-state index contributed by atoms with van der Waals surface area (Å²) in [5, 5.41) is 11.6. The van der Waals surface area contributed by atoms with E-state index in [0.29, 0.717) is 17.6 Å². The van der Waals surface area contributed by atoms with E-state index < -0.39 is 22.4 Å². The molecule has 1 aliphatic heterocycles. The highest BCUT2D eigenvalue weighted by molar-refractivity contribution is 6.02. The maximum absolute atomic E-state index is 14.0. The Morgan fingerprint density at radius 2 is 1.89 bits per heavy atom. The van der Waals surface area contributed by atoms with Crippen molar-refractivity contribution in [2.75, 3.05) is 6.61 Å². The minimum atomic E-state index is -2.12. The molecule has 1 aromatic carbocycles. The van der Waals surface area contributed by atoms with Gasteiger partial charge in [0.15, 0.2) is 17.2 Å². The minimum absolute atomic E-state index is 0.0122. The van der Waals surface area contributed by atoms with Crippen LogP contribution in [0.25, 0.3) is 0 Å². The summed E-state index contributed by atoms with van der Waals surface area (Å²) in [5.41, 5.74) is -0.0678. The molecule has 36 heavy (non-hydrogen) atoms. The van der Waals surface area contributed by atoms with Gasteiger partial charge in [-0.05, 0) is 61.3 Å². The lowest BCUT2D eigenvalue weighted by Crippen LogP contribution is -2.66. The van der Waals surface area contributed by atoms with E-state index in [1.807, 2.05) is 32.1 Å². The van der Waals surface area contributed by atoms with Crippen molar-refractivity contribution in [1.82, 2.24) is 0 Å². The number of ether oxygens (including phenoxy) is 2. The average Bonchev–Trinajstić information content (AvgIpc) is 3.04. The van der Waals surface area contributed by atoms with Crippen LogP contribution in [-0.2, 0) is 29.8 Å². The molecule has 4 fully saturated rings. The van der Waals surface area contributed by atoms with Crippen molar-refractivity contribution in [3.05, 3.63) is 71.3 Å². The maximum atomic E-state index is 14.0. The summed E-state index contributed by atoms with van der Waals surface area (Å²) in [4.78, 5) is 39.8. The van der Waals surface area contributed by atoms with Gasteiger partial charge < -0.3 is 14.6 Å². The fourth-order valence-electron chi connectivity index (χ4n) is 8.30. The number of hydrogen-bond acceptors (Lipinski definition) is 6. The predicted octanol–water partition coefficient (Wildman–Crippen LogP) is 4.11. The zero-order chi connectivity index (χ0) is 25.7. The molecule has 3 saturated carbocycles. The van der Waals surface area contributed by atoms with E-state index in [4.69, 9.17) is 9.47 Å². The first-order chi connectivity index (χ1) is 17.0. The molecule has 4 aliphatic carbocycles. The summed E-state index contributed by atoms with van der Waals surface area (Å²) in [5.74, 6) is -2.67. The van der Waals surface area contributed by atoms with Crippen LogP contribution in [0.2, 0.25) is 0 Å². The molecule has 1 N–H and O–H groups in total. The van der Waals surface area contributed by atoms with E-state index in [1.165, 1.54) is 0 Å². The zero-order valence-corrected chi connectivity index (χ0v) is 21.0. The molecular formula is C30H32O6. The number of Topliss-reactive ketones (excluding diaryl/α,β-unsaturated/α-hetero) is 2. The van der Waals surface area contributed by atoms with Crippen molar-refractivity contribution < 1.29 is 29.0 Å². The quantitative estimate of drug-likeness (QED) is 0.599. The van der Waals surface area contributed by atoms with Crippen molar-refractivity contribution >= 4 is 17.3 Å². The number of hydrogen-bond donors (Lipinski definition) is 1. The van der Waals surface area contributed by atoms with Gasteiger partial charge in [0.05, 0.1) is 0 Å². The molecule has 6 rings (SSSR count). The maximum Gasteiger partial charge on any atom is 0.311 e. The summed E-state index contributed by atoms with van der Waals surface area (Å²) in [6.07, 6.45) is 7.35. The lowest BCUT2D eigenvalue weighted by atomic mass is 9.46. The van der Waals surface area contributed by atoms with Crippen LogP contribution in [0.4, 0.5) is 0 Å². The molecule has 7 atom stereocenters. The van der Waals surface area contributed by atoms with Gasteiger partial charge in [-0.25, -0.2) is 0 Å². The van der Waals surface area contributed by atoms with Crippen molar-refractivity contribution in [2.45, 2.75) is 58.0 Å². The fourth-order valence-corrected chi connectivity index (χ4v) is 8.30. The van der Waals surface area contributed by atoms with Gasteiger partial charge in [0, 0.05) is 28.7 Å². The van der Waals surface area contributed by atoms with E-state index in [0.717, 1.165) is 24.0 Å². The van der Waals surface area contributed by atoms with Crippen LogP contribution in [-0.4, -0.2) is 34.7 Å². The SMILES string of the molecule is C=C1C[C@H]2[C@@H]3CCC4=CC(=O)C=C[C@]4(C)[C@H]3C(=O)C[C@]2(C)[C@]12OC(O)(c1ccccc1C)OCC2=O. The van der Waals surface area contributed by atoms with Crippen LogP contribution in [0.5, 0.6) is 0 Å². The Labute approximate surface area is 211 Å². The van der Waals surface area contributed by atoms with Gasteiger partial charge in [0.1, 0.15) is 12.4 Å². The molecule has 1 heterocycles. The van der Waals surface area contributed by atoms with Gasteiger partial charge in [-0.3, -0.25) is 14.4 Å². The van der Waals surface area contributed by atoms with Gasteiger partial charge in [-0.15, -0.1) is 0 Å². The van der Waals surface area contributed by atoms with Gasteiger partial charge >= 0.3 is 5.97 Å². The Kier molecular flexibility index (Phi) is 4.90. The second-order valence-electron chi connectivity index (χ2n) is 11.7. The van der Waals surface area contributed by atoms with Crippen molar-refractivity contribution in [3.8, 4) is 0 Å². The van der Waals surface area contributed by atoms with Crippen LogP contribution in [0.3, 0.4) is 0 Å². The number of carbonyl (C=O) groups is 3. The first-order valence-corrected chi connectivity index (χ1v) is 12.8. The summed E-state index contributed by atoms with van der Waals surface area (Å²) >= 11 is 0. The third kappa shape index (κ3) is 2.81. The molecule has 5 aliphatic rings. The molecule has 1 spiro atoms. The van der Waals surface area contributed by atoms with Gasteiger partial charge in [0.25, 0.3) is 0 Å². The molecule has 0 aromatic heterocycles. The summed E-state index contributed by atoms with van der Waals surface area (Å²) in [7, 11) is 0. The molecule has 0 amide bonds. The van der Waals surface area contributed by atoms with Crippen LogP contribution in [0.1, 0.15) is 50.7 Å². The average molecular weight is 489 g/mol. The number of rotatable bonds is 1. The smallest absolute Gasteiger partial charge is 0.311 e. The highest BCUT2D eigenvalue weighted by Crippen LogP contribution is 2.69. The first-order valence-electron chi connectivity index (χ1n) is 12.8. The zero-order valence-electron chi connectivity index (χ0n) is 21.0. The van der Waals surface area contributed by atoms with Crippen molar-refractivity contribution in [2.24, 2.45) is 28.6 Å². The largest absolute Gasteiger partial charge is 0.339 e. The molecule has 0 bridgehead atoms. The monoisotopic (exact) mass is 488 g/mol. The lowest BCUT2D eigenvalue weighted by Gasteiger charge is -2.58. The number of aryl methyl sites for hydroxylation is 1. The Bertz CT molecular complexity index is 1290. The van der Waals surface area contributed by atoms with E-state index >= 15 is 0 Å². The molecule has 1 aromatic rings. The van der Waals surface area contributed by atoms with E-state index in [-0.39, 0.29) is 48.1 Å². The predicted molar refractivity (Wildman–Crippen MR) is 131 cm³/mol. The molecule has 1 saturated heterocycles. The molecule has 188 valence electrons. The summed E-state index contributed by atoms with van der Waals surface area (Å²) in [6.45, 7) is 9.85. The number of carbonyl (C=O) groups excluding carboxylic acids is 3. The fraction of sp³-hybridized carbons (Fsp3) is 0.500. The molecule has 6 heteroatoms. The number of allylic oxidation sites excluding steroid dienone is 4. The minimum Gasteiger partial charge on any atom is -0.339 e. The molecule has 0 radical (unpaired) electrons. The Balaban J connectivity index is 1.44. The summed E-state index contributed by atoms with van der Waals surface area (Å²) in [6, 6.07) is 7.22. The standard InChI is InChI=1S/C30H32O6/c1-17-7-5-6-8-22(17)30(34)35-16-25(33)29(36-30)18(2)13-23-21-10-9-19-14-20(31)11-12-27(19,3)26(21)24(32)15-28(23,29)4/h5-8,11-12,14,21,23,26,34H,2,9-10,13,15-16H2,1,3-4H3/t21-,23-,26+,27-,28-,29-,30?/m0/s1. The van der Waals surface area contributed by atoms with Gasteiger partial charge in [0.2, 0.25) is 0 Å². The topological polar surface area (TPSA) is 89.9 Å². The van der Waals surface area contributed by atoms with Crippen LogP contribution >= 0.6 is 0 Å². The number of benzene rings is 1. The molecule has 6 nitrogen and oxygen atoms in total. The van der Waals surface area contributed by atoms with Gasteiger partial charge in [-0.2, -0.15) is 0 Å². The van der Waals surface area contributed by atoms with Crippen molar-refractivity contribution in [3.63, 3.8) is 0 Å². The lowest BCUT2D eigenvalue weighted by molar-refractivity contribution is -0.420. The van der Waals surface area contributed by atoms with E-state index in [1.54, 1.807) is 24.3 Å². The van der Waals surface area contributed by atoms with Crippen molar-refractivity contribution in [1.29, 1.82) is 0 Å². The van der Waals surface area contributed by atoms with E-state index in [9.17, 15) is 19.5 Å². The third-order valence-corrected chi connectivity index (χ3v) is 9.98. The second-order valence-corrected chi connectivity index (χ2v) is 11.7. The summed E-state index contributed by atoms with van der Waals surface area (Å²) < 4.78 is 12.1. The Morgan fingerprint density at radius 1 is 1.14 bits per heavy atom. The third-order valence-electron chi connectivity index (χ3n) is 9.98. The first kappa shape index (κ1) is 23.7. The molecule has 1 unspecified atom stereocenters. The number of fused-ring (bicyclic) bond motifs is 6. The number of aliphatic hydroxyl groups is 1. The van der Waals surface area contributed by atoms with Crippen LogP contribution in [0.15, 0.2) is 60.2 Å². The van der Waals surface area contributed by atoms with Crippen LogP contribution < -0.4 is 0 Å². The highest BCUT2D eigenvalue weighted by atomic mass is 16.8. The van der Waals surface area contributed by atoms with E-state index in [2.05, 4.69) is 13.5 Å². The van der Waals surface area contributed by atoms with Crippen LogP contribution in [0, 0.1) is 35.5 Å². The second kappa shape index (κ2) is 7.44. The number of ketones is 3.